The van der Waals surface area contributed by atoms with Crippen molar-refractivity contribution in [1.82, 2.24) is 5.32 Å². The van der Waals surface area contributed by atoms with Crippen molar-refractivity contribution in [3.05, 3.63) is 95.6 Å². The number of anilines is 1. The van der Waals surface area contributed by atoms with Gasteiger partial charge in [0.05, 0.1) is 16.7 Å². The molecule has 3 rings (SSSR count). The zero-order valence-electron chi connectivity index (χ0n) is 23.7. The fourth-order valence-corrected chi connectivity index (χ4v) is 5.93. The van der Waals surface area contributed by atoms with E-state index in [2.05, 4.69) is 17.6 Å². The second kappa shape index (κ2) is 16.0. The fourth-order valence-electron chi connectivity index (χ4n) is 4.58. The molecule has 214 valence electrons. The molecule has 0 spiro atoms. The molecule has 40 heavy (non-hydrogen) atoms. The number of urea groups is 1. The van der Waals surface area contributed by atoms with Crippen molar-refractivity contribution in [2.45, 2.75) is 88.3 Å². The van der Waals surface area contributed by atoms with Crippen LogP contribution in [0.3, 0.4) is 0 Å². The molecule has 0 saturated heterocycles. The Bertz CT molecular complexity index is 1300. The number of carbonyl (C=O) groups is 2. The van der Waals surface area contributed by atoms with Gasteiger partial charge in [-0.25, -0.2) is 13.2 Å². The highest BCUT2D eigenvalue weighted by Gasteiger charge is 2.21. The topological polar surface area (TPSA) is 92.3 Å². The Morgan fingerprint density at radius 1 is 0.750 bits per heavy atom. The van der Waals surface area contributed by atoms with Crippen LogP contribution in [0, 0.1) is 6.92 Å². The molecule has 0 fully saturated rings. The predicted octanol–water partition coefficient (Wildman–Crippen LogP) is 7.41. The maximum Gasteiger partial charge on any atom is 0.319 e. The van der Waals surface area contributed by atoms with Gasteiger partial charge in [0, 0.05) is 12.1 Å². The molecule has 0 heterocycles. The van der Waals surface area contributed by atoms with E-state index in [0.717, 1.165) is 30.4 Å². The van der Waals surface area contributed by atoms with Gasteiger partial charge in [-0.05, 0) is 55.2 Å². The van der Waals surface area contributed by atoms with Gasteiger partial charge >= 0.3 is 6.03 Å². The van der Waals surface area contributed by atoms with Crippen molar-refractivity contribution in [2.24, 2.45) is 0 Å². The van der Waals surface area contributed by atoms with Crippen molar-refractivity contribution in [2.75, 3.05) is 5.32 Å². The molecule has 1 atom stereocenters. The average Bonchev–Trinajstić information content (AvgIpc) is 2.94. The molecule has 0 saturated carbocycles. The van der Waals surface area contributed by atoms with Crippen LogP contribution in [0.5, 0.6) is 0 Å². The van der Waals surface area contributed by atoms with Crippen LogP contribution in [-0.4, -0.2) is 26.3 Å². The number of Topliss-reactive ketones (excluding diaryl/α,β-unsaturated/α-hetero) is 1. The first kappa shape index (κ1) is 31.1. The van der Waals surface area contributed by atoms with Crippen LogP contribution < -0.4 is 10.6 Å². The van der Waals surface area contributed by atoms with E-state index in [4.69, 9.17) is 0 Å². The number of hydrogen-bond donors (Lipinski definition) is 2. The van der Waals surface area contributed by atoms with Crippen LogP contribution in [-0.2, 0) is 26.8 Å². The van der Waals surface area contributed by atoms with E-state index in [-0.39, 0.29) is 16.4 Å². The number of hydrogen-bond acceptors (Lipinski definition) is 4. The fraction of sp³-hybridized carbons (Fsp3) is 0.394. The van der Waals surface area contributed by atoms with Gasteiger partial charge in [-0.2, -0.15) is 0 Å². The molecule has 2 amide bonds. The molecule has 0 bridgehead atoms. The smallest absolute Gasteiger partial charge is 0.319 e. The minimum absolute atomic E-state index is 0.0317. The van der Waals surface area contributed by atoms with Gasteiger partial charge < -0.3 is 10.6 Å². The molecule has 6 nitrogen and oxygen atoms in total. The summed E-state index contributed by atoms with van der Waals surface area (Å²) < 4.78 is 25.5. The largest absolute Gasteiger partial charge is 0.328 e. The number of aryl methyl sites for hydroxylation is 1. The van der Waals surface area contributed by atoms with Crippen LogP contribution in [0.2, 0.25) is 0 Å². The van der Waals surface area contributed by atoms with Gasteiger partial charge in [0.25, 0.3) is 0 Å². The first-order valence-electron chi connectivity index (χ1n) is 14.3. The third-order valence-electron chi connectivity index (χ3n) is 6.95. The number of ketones is 1. The highest BCUT2D eigenvalue weighted by Crippen LogP contribution is 2.19. The maximum absolute atomic E-state index is 13.1. The minimum Gasteiger partial charge on any atom is -0.328 e. The number of nitrogens with one attached hydrogen (secondary N) is 2. The lowest BCUT2D eigenvalue weighted by Crippen LogP contribution is -2.44. The van der Waals surface area contributed by atoms with Crippen molar-refractivity contribution < 1.29 is 18.0 Å². The summed E-state index contributed by atoms with van der Waals surface area (Å²) in [7, 11) is -3.47. The summed E-state index contributed by atoms with van der Waals surface area (Å²) in [5.41, 5.74) is 3.13. The quantitative estimate of drug-likeness (QED) is 0.178. The summed E-state index contributed by atoms with van der Waals surface area (Å²) in [6.07, 6.45) is 8.76. The molecule has 7 heteroatoms. The monoisotopic (exact) mass is 562 g/mol. The first-order chi connectivity index (χ1) is 19.3. The summed E-state index contributed by atoms with van der Waals surface area (Å²) in [4.78, 5) is 26.2. The lowest BCUT2D eigenvalue weighted by atomic mass is 9.98. The number of rotatable bonds is 16. The van der Waals surface area contributed by atoms with Gasteiger partial charge in [0.1, 0.15) is 0 Å². The molecule has 2 N–H and O–H groups in total. The molecule has 0 radical (unpaired) electrons. The highest BCUT2D eigenvalue weighted by molar-refractivity contribution is 7.90. The average molecular weight is 563 g/mol. The van der Waals surface area contributed by atoms with E-state index in [1.807, 2.05) is 37.3 Å². The molecule has 0 unspecified atom stereocenters. The summed E-state index contributed by atoms with van der Waals surface area (Å²) in [6, 6.07) is 22.1. The molecule has 0 aliphatic carbocycles. The summed E-state index contributed by atoms with van der Waals surface area (Å²) in [5.74, 6) is -0.0985. The second-order valence-electron chi connectivity index (χ2n) is 10.4. The zero-order chi connectivity index (χ0) is 28.8. The number of sulfone groups is 1. The molecule has 0 aliphatic heterocycles. The molecule has 3 aromatic carbocycles. The Morgan fingerprint density at radius 3 is 2.02 bits per heavy atom. The lowest BCUT2D eigenvalue weighted by Gasteiger charge is -2.19. The Balaban J connectivity index is 1.56. The van der Waals surface area contributed by atoms with E-state index in [9.17, 15) is 18.0 Å². The van der Waals surface area contributed by atoms with E-state index in [1.54, 1.807) is 48.5 Å². The normalized spacial score (nSPS) is 12.1. The van der Waals surface area contributed by atoms with Gasteiger partial charge in [-0.3, -0.25) is 4.79 Å². The van der Waals surface area contributed by atoms with Crippen LogP contribution in [0.1, 0.15) is 75.0 Å². The summed E-state index contributed by atoms with van der Waals surface area (Å²) in [5, 5.41) is 5.65. The Kier molecular flexibility index (Phi) is 12.4. The molecular formula is C33H42N2O4S. The number of unbranched alkanes of at least 4 members (excludes halogenated alkanes) is 6. The van der Waals surface area contributed by atoms with E-state index >= 15 is 0 Å². The van der Waals surface area contributed by atoms with E-state index in [0.29, 0.717) is 24.1 Å². The maximum atomic E-state index is 13.1. The van der Waals surface area contributed by atoms with E-state index < -0.39 is 21.9 Å². The highest BCUT2D eigenvalue weighted by atomic mass is 32.2. The lowest BCUT2D eigenvalue weighted by molar-refractivity contribution is -0.120. The van der Waals surface area contributed by atoms with Crippen molar-refractivity contribution in [3.8, 4) is 0 Å². The number of benzene rings is 3. The van der Waals surface area contributed by atoms with E-state index in [1.165, 1.54) is 25.7 Å². The Labute approximate surface area is 239 Å². The SMILES string of the molecule is CCCCCCCCCC(=O)[C@@H](Cc1ccccc1)NC(=O)Nc1ccc(CS(=O)(=O)c2ccc(C)cc2)cc1. The van der Waals surface area contributed by atoms with Crippen LogP contribution in [0.4, 0.5) is 10.5 Å². The third kappa shape index (κ3) is 10.6. The van der Waals surface area contributed by atoms with Crippen molar-refractivity contribution in [1.29, 1.82) is 0 Å². The Morgan fingerprint density at radius 2 is 1.38 bits per heavy atom. The van der Waals surface area contributed by atoms with Crippen LogP contribution >= 0.6 is 0 Å². The van der Waals surface area contributed by atoms with Crippen LogP contribution in [0.25, 0.3) is 0 Å². The van der Waals surface area contributed by atoms with Gasteiger partial charge in [0.2, 0.25) is 0 Å². The van der Waals surface area contributed by atoms with Crippen molar-refractivity contribution >= 4 is 27.3 Å². The summed E-state index contributed by atoms with van der Waals surface area (Å²) >= 11 is 0. The number of carbonyl (C=O) groups excluding carboxylic acids is 2. The third-order valence-corrected chi connectivity index (χ3v) is 8.66. The molecule has 3 aromatic rings. The Hall–Kier alpha value is -3.45. The number of amides is 2. The minimum atomic E-state index is -3.47. The standard InChI is InChI=1S/C33H42N2O4S/c1-3-4-5-6-7-8-12-15-32(36)31(24-27-13-10-9-11-14-27)35-33(37)34-29-20-18-28(19-21-29)25-40(38,39)30-22-16-26(2)17-23-30/h9-11,13-14,16-23,31H,3-8,12,15,24-25H2,1-2H3,(H2,34,35,37)/t31-/m1/s1. The summed E-state index contributed by atoms with van der Waals surface area (Å²) in [6.45, 7) is 4.11. The van der Waals surface area contributed by atoms with Gasteiger partial charge in [0.15, 0.2) is 15.6 Å². The predicted molar refractivity (Wildman–Crippen MR) is 162 cm³/mol. The molecule has 0 aliphatic rings. The van der Waals surface area contributed by atoms with Crippen LogP contribution in [0.15, 0.2) is 83.8 Å². The molecular weight excluding hydrogens is 520 g/mol. The van der Waals surface area contributed by atoms with Gasteiger partial charge in [-0.1, -0.05) is 106 Å². The second-order valence-corrected chi connectivity index (χ2v) is 12.4. The van der Waals surface area contributed by atoms with Gasteiger partial charge in [-0.15, -0.1) is 0 Å². The first-order valence-corrected chi connectivity index (χ1v) is 15.9. The van der Waals surface area contributed by atoms with Crippen molar-refractivity contribution in [3.63, 3.8) is 0 Å². The zero-order valence-corrected chi connectivity index (χ0v) is 24.5. The molecule has 0 aromatic heterocycles.